The van der Waals surface area contributed by atoms with E-state index < -0.39 is 0 Å². The first-order valence-electron chi connectivity index (χ1n) is 8.99. The van der Waals surface area contributed by atoms with Crippen molar-refractivity contribution >= 4 is 28.7 Å². The molecule has 28 heavy (non-hydrogen) atoms. The molecule has 3 heterocycles. The predicted molar refractivity (Wildman–Crippen MR) is 105 cm³/mol. The van der Waals surface area contributed by atoms with Gasteiger partial charge in [0.05, 0.1) is 52.7 Å². The number of aromatic nitrogens is 7. The number of imidazole rings is 1. The van der Waals surface area contributed by atoms with Gasteiger partial charge in [0, 0.05) is 13.1 Å². The molecule has 144 valence electrons. The molecule has 3 aromatic heterocycles. The van der Waals surface area contributed by atoms with E-state index in [9.17, 15) is 4.79 Å². The van der Waals surface area contributed by atoms with Gasteiger partial charge >= 0.3 is 0 Å². The van der Waals surface area contributed by atoms with Crippen LogP contribution in [-0.4, -0.2) is 45.7 Å². The second-order valence-electron chi connectivity index (χ2n) is 6.51. The SMILES string of the molecule is Cc1nsnc1Cn1nnc(C(=O)NCCCn2cnc3ccccc32)c1C. The van der Waals surface area contributed by atoms with Crippen LogP contribution in [0.25, 0.3) is 11.0 Å². The Labute approximate surface area is 165 Å². The van der Waals surface area contributed by atoms with Crippen molar-refractivity contribution in [2.75, 3.05) is 6.54 Å². The Morgan fingerprint density at radius 3 is 2.89 bits per heavy atom. The van der Waals surface area contributed by atoms with E-state index in [1.807, 2.05) is 44.4 Å². The molecule has 1 N–H and O–H groups in total. The molecule has 10 heteroatoms. The molecule has 0 unspecified atom stereocenters. The van der Waals surface area contributed by atoms with Gasteiger partial charge in [-0.25, -0.2) is 9.67 Å². The van der Waals surface area contributed by atoms with Gasteiger partial charge in [-0.05, 0) is 32.4 Å². The van der Waals surface area contributed by atoms with Crippen LogP contribution in [0, 0.1) is 13.8 Å². The lowest BCUT2D eigenvalue weighted by Crippen LogP contribution is -2.26. The summed E-state index contributed by atoms with van der Waals surface area (Å²) in [6.07, 6.45) is 2.63. The van der Waals surface area contributed by atoms with Crippen molar-refractivity contribution in [2.45, 2.75) is 33.4 Å². The fraction of sp³-hybridized carbons (Fsp3) is 0.333. The molecule has 0 aliphatic carbocycles. The fourth-order valence-corrected chi connectivity index (χ4v) is 3.54. The summed E-state index contributed by atoms with van der Waals surface area (Å²) in [4.78, 5) is 16.8. The van der Waals surface area contributed by atoms with Crippen LogP contribution in [0.3, 0.4) is 0 Å². The number of rotatable bonds is 7. The third-order valence-corrected chi connectivity index (χ3v) is 5.29. The van der Waals surface area contributed by atoms with E-state index in [0.717, 1.165) is 35.4 Å². The maximum atomic E-state index is 12.4. The third-order valence-electron chi connectivity index (χ3n) is 4.63. The van der Waals surface area contributed by atoms with Crippen LogP contribution in [0.5, 0.6) is 0 Å². The summed E-state index contributed by atoms with van der Waals surface area (Å²) in [5.74, 6) is -0.215. The first kappa shape index (κ1) is 18.2. The first-order chi connectivity index (χ1) is 13.6. The smallest absolute Gasteiger partial charge is 0.273 e. The zero-order valence-electron chi connectivity index (χ0n) is 15.7. The molecule has 9 nitrogen and oxygen atoms in total. The molecule has 4 rings (SSSR count). The monoisotopic (exact) mass is 396 g/mol. The minimum atomic E-state index is -0.215. The highest BCUT2D eigenvalue weighted by Crippen LogP contribution is 2.12. The van der Waals surface area contributed by atoms with E-state index in [-0.39, 0.29) is 5.91 Å². The van der Waals surface area contributed by atoms with Gasteiger partial charge in [0.15, 0.2) is 5.69 Å². The van der Waals surface area contributed by atoms with E-state index in [4.69, 9.17) is 0 Å². The van der Waals surface area contributed by atoms with Gasteiger partial charge in [-0.15, -0.1) is 5.10 Å². The summed E-state index contributed by atoms with van der Waals surface area (Å²) in [7, 11) is 0. The van der Waals surface area contributed by atoms with Gasteiger partial charge in [0.2, 0.25) is 0 Å². The van der Waals surface area contributed by atoms with Crippen molar-refractivity contribution < 1.29 is 4.79 Å². The Morgan fingerprint density at radius 1 is 1.21 bits per heavy atom. The second-order valence-corrected chi connectivity index (χ2v) is 7.04. The molecule has 0 aliphatic heterocycles. The highest BCUT2D eigenvalue weighted by atomic mass is 32.1. The quantitative estimate of drug-likeness (QED) is 0.479. The predicted octanol–water partition coefficient (Wildman–Crippen LogP) is 1.96. The zero-order valence-corrected chi connectivity index (χ0v) is 16.5. The summed E-state index contributed by atoms with van der Waals surface area (Å²) in [6, 6.07) is 8.00. The van der Waals surface area contributed by atoms with Gasteiger partial charge in [0.1, 0.15) is 0 Å². The molecule has 0 bridgehead atoms. The molecule has 0 saturated carbocycles. The first-order valence-corrected chi connectivity index (χ1v) is 9.72. The molecular formula is C18H20N8OS. The van der Waals surface area contributed by atoms with Gasteiger partial charge in [-0.2, -0.15) is 8.75 Å². The highest BCUT2D eigenvalue weighted by Gasteiger charge is 2.17. The number of amides is 1. The van der Waals surface area contributed by atoms with Crippen LogP contribution >= 0.6 is 11.7 Å². The van der Waals surface area contributed by atoms with Crippen molar-refractivity contribution in [1.82, 2.24) is 38.6 Å². The molecule has 0 atom stereocenters. The maximum Gasteiger partial charge on any atom is 0.273 e. The molecule has 0 radical (unpaired) electrons. The molecule has 0 aliphatic rings. The summed E-state index contributed by atoms with van der Waals surface area (Å²) < 4.78 is 12.2. The Balaban J connectivity index is 1.32. The number of carbonyl (C=O) groups excluding carboxylic acids is 1. The average molecular weight is 396 g/mol. The number of para-hydroxylation sites is 2. The van der Waals surface area contributed by atoms with Crippen LogP contribution in [-0.2, 0) is 13.1 Å². The van der Waals surface area contributed by atoms with E-state index in [2.05, 4.69) is 33.9 Å². The number of benzene rings is 1. The molecular weight excluding hydrogens is 376 g/mol. The summed E-state index contributed by atoms with van der Waals surface area (Å²) in [5, 5.41) is 11.0. The number of nitrogens with zero attached hydrogens (tertiary/aromatic N) is 7. The van der Waals surface area contributed by atoms with E-state index in [1.165, 1.54) is 11.7 Å². The highest BCUT2D eigenvalue weighted by molar-refractivity contribution is 6.99. The Kier molecular flexibility index (Phi) is 5.11. The fourth-order valence-electron chi connectivity index (χ4n) is 2.98. The van der Waals surface area contributed by atoms with Crippen LogP contribution in [0.4, 0.5) is 0 Å². The lowest BCUT2D eigenvalue weighted by Gasteiger charge is -2.06. The van der Waals surface area contributed by atoms with Crippen molar-refractivity contribution in [2.24, 2.45) is 0 Å². The average Bonchev–Trinajstić information content (AvgIpc) is 3.39. The van der Waals surface area contributed by atoms with Crippen LogP contribution in [0.1, 0.15) is 34.0 Å². The normalized spacial score (nSPS) is 11.2. The lowest BCUT2D eigenvalue weighted by molar-refractivity contribution is 0.0947. The molecule has 1 amide bonds. The molecule has 4 aromatic rings. The number of carbonyl (C=O) groups is 1. The number of hydrogen-bond donors (Lipinski definition) is 1. The van der Waals surface area contributed by atoms with Crippen LogP contribution in [0.15, 0.2) is 30.6 Å². The van der Waals surface area contributed by atoms with Crippen molar-refractivity contribution in [3.05, 3.63) is 53.4 Å². The molecule has 0 spiro atoms. The van der Waals surface area contributed by atoms with E-state index in [1.54, 1.807) is 4.68 Å². The van der Waals surface area contributed by atoms with E-state index in [0.29, 0.717) is 24.5 Å². The van der Waals surface area contributed by atoms with Gasteiger partial charge < -0.3 is 9.88 Å². The minimum absolute atomic E-state index is 0.215. The Hall–Kier alpha value is -3.14. The number of nitrogens with one attached hydrogen (secondary N) is 1. The van der Waals surface area contributed by atoms with Crippen molar-refractivity contribution in [1.29, 1.82) is 0 Å². The third kappa shape index (κ3) is 3.63. The molecule has 0 fully saturated rings. The Morgan fingerprint density at radius 2 is 2.07 bits per heavy atom. The molecule has 0 saturated heterocycles. The molecule has 1 aromatic carbocycles. The standard InChI is InChI=1S/C18H20N8OS/c1-12-15(23-28-22-12)10-26-13(2)17(21-24-26)18(27)19-8-5-9-25-11-20-14-6-3-4-7-16(14)25/h3-4,6-7,11H,5,8-10H2,1-2H3,(H,19,27). The zero-order chi connectivity index (χ0) is 19.5. The van der Waals surface area contributed by atoms with Gasteiger partial charge in [-0.3, -0.25) is 4.79 Å². The topological polar surface area (TPSA) is 103 Å². The minimum Gasteiger partial charge on any atom is -0.351 e. The maximum absolute atomic E-state index is 12.4. The lowest BCUT2D eigenvalue weighted by atomic mass is 10.3. The van der Waals surface area contributed by atoms with Crippen LogP contribution in [0.2, 0.25) is 0 Å². The van der Waals surface area contributed by atoms with Crippen molar-refractivity contribution in [3.8, 4) is 0 Å². The second kappa shape index (κ2) is 7.85. The number of aryl methyl sites for hydroxylation is 2. The largest absolute Gasteiger partial charge is 0.351 e. The number of fused-ring (bicyclic) bond motifs is 1. The van der Waals surface area contributed by atoms with Gasteiger partial charge in [-0.1, -0.05) is 17.3 Å². The Bertz CT molecular complexity index is 1110. The summed E-state index contributed by atoms with van der Waals surface area (Å²) >= 11 is 1.17. The van der Waals surface area contributed by atoms with Gasteiger partial charge in [0.25, 0.3) is 5.91 Å². The van der Waals surface area contributed by atoms with E-state index >= 15 is 0 Å². The summed E-state index contributed by atoms with van der Waals surface area (Å²) in [5.41, 5.74) is 4.85. The van der Waals surface area contributed by atoms with Crippen LogP contribution < -0.4 is 5.32 Å². The summed E-state index contributed by atoms with van der Waals surface area (Å²) in [6.45, 7) is 5.53. The van der Waals surface area contributed by atoms with Crippen molar-refractivity contribution in [3.63, 3.8) is 0 Å². The number of hydrogen-bond acceptors (Lipinski definition) is 7.